The molecule has 0 amide bonds. The van der Waals surface area contributed by atoms with Gasteiger partial charge in [0.05, 0.1) is 12.7 Å². The lowest BCUT2D eigenvalue weighted by Crippen LogP contribution is -2.24. The molecule has 1 aliphatic heterocycles. The van der Waals surface area contributed by atoms with Crippen molar-refractivity contribution >= 4 is 5.57 Å². The lowest BCUT2D eigenvalue weighted by atomic mass is 9.87. The van der Waals surface area contributed by atoms with E-state index in [0.717, 1.165) is 56.1 Å². The Morgan fingerprint density at radius 1 is 0.875 bits per heavy atom. The number of unbranched alkanes of at least 4 members (excludes halogenated alkanes) is 5. The molecule has 40 heavy (non-hydrogen) atoms. The Labute approximate surface area is 239 Å². The summed E-state index contributed by atoms with van der Waals surface area (Å²) in [6, 6.07) is 12.6. The van der Waals surface area contributed by atoms with Crippen LogP contribution in [-0.2, 0) is 4.74 Å². The highest BCUT2D eigenvalue weighted by Crippen LogP contribution is 2.36. The van der Waals surface area contributed by atoms with Gasteiger partial charge in [0, 0.05) is 11.5 Å². The van der Waals surface area contributed by atoms with Crippen LogP contribution in [0.3, 0.4) is 0 Å². The number of allylic oxidation sites excluding steroid dienone is 6. The third-order valence-electron chi connectivity index (χ3n) is 8.46. The Balaban J connectivity index is 1.36. The summed E-state index contributed by atoms with van der Waals surface area (Å²) in [6.45, 7) is 4.84. The Hall–Kier alpha value is -2.59. The maximum atomic E-state index is 15.2. The van der Waals surface area contributed by atoms with E-state index in [9.17, 15) is 4.39 Å². The Morgan fingerprint density at radius 3 is 2.33 bits per heavy atom. The monoisotopic (exact) mass is 550 g/mol. The van der Waals surface area contributed by atoms with Crippen LogP contribution in [0.1, 0.15) is 102 Å². The van der Waals surface area contributed by atoms with Crippen molar-refractivity contribution in [2.45, 2.75) is 109 Å². The van der Waals surface area contributed by atoms with Crippen LogP contribution in [0.25, 0.3) is 16.7 Å². The van der Waals surface area contributed by atoms with Gasteiger partial charge in [0.1, 0.15) is 5.82 Å². The molecule has 2 aliphatic rings. The molecule has 0 radical (unpaired) electrons. The van der Waals surface area contributed by atoms with Gasteiger partial charge in [-0.2, -0.15) is 0 Å². The lowest BCUT2D eigenvalue weighted by Gasteiger charge is -2.29. The number of hydrogen-bond donors (Lipinski definition) is 0. The molecule has 1 heterocycles. The van der Waals surface area contributed by atoms with Gasteiger partial charge in [-0.25, -0.2) is 13.2 Å². The van der Waals surface area contributed by atoms with Crippen LogP contribution in [0, 0.1) is 5.82 Å². The molecule has 216 valence electrons. The Bertz CT molecular complexity index is 1160. The summed E-state index contributed by atoms with van der Waals surface area (Å²) in [5, 5.41) is 0. The predicted molar refractivity (Wildman–Crippen MR) is 161 cm³/mol. The van der Waals surface area contributed by atoms with Crippen LogP contribution < -0.4 is 0 Å². The number of ether oxygens (including phenoxy) is 1. The first-order chi connectivity index (χ1) is 19.5. The molecule has 2 aromatic rings. The first kappa shape index (κ1) is 30.4. The fraction of sp³-hybridized carbons (Fsp3) is 0.500. The highest BCUT2D eigenvalue weighted by atomic mass is 19.2. The molecule has 0 bridgehead atoms. The van der Waals surface area contributed by atoms with Gasteiger partial charge < -0.3 is 4.74 Å². The molecule has 4 rings (SSSR count). The summed E-state index contributed by atoms with van der Waals surface area (Å²) in [4.78, 5) is 0. The SMILES string of the molecule is C/C=C/CCC1CCC(c2ccc(-c3ccc(C4=CC=C(CCCCCCCC)C(F)C4F)cc3)c(F)c2)CO1. The minimum absolute atomic E-state index is 0.205. The Morgan fingerprint density at radius 2 is 1.62 bits per heavy atom. The van der Waals surface area contributed by atoms with E-state index in [-0.39, 0.29) is 17.8 Å². The number of halogens is 3. The average Bonchev–Trinajstić information content (AvgIpc) is 2.98. The van der Waals surface area contributed by atoms with Crippen molar-refractivity contribution in [1.29, 1.82) is 0 Å². The first-order valence-corrected chi connectivity index (χ1v) is 15.3. The number of benzene rings is 2. The topological polar surface area (TPSA) is 9.23 Å². The third kappa shape index (κ3) is 8.00. The summed E-state index contributed by atoms with van der Waals surface area (Å²) < 4.78 is 51.3. The van der Waals surface area contributed by atoms with Crippen LogP contribution >= 0.6 is 0 Å². The van der Waals surface area contributed by atoms with Gasteiger partial charge in [0.2, 0.25) is 0 Å². The number of hydrogen-bond acceptors (Lipinski definition) is 1. The van der Waals surface area contributed by atoms with E-state index in [2.05, 4.69) is 19.1 Å². The van der Waals surface area contributed by atoms with Crippen molar-refractivity contribution in [3.8, 4) is 11.1 Å². The molecule has 0 aromatic heterocycles. The van der Waals surface area contributed by atoms with Gasteiger partial charge in [-0.15, -0.1) is 0 Å². The largest absolute Gasteiger partial charge is 0.378 e. The minimum atomic E-state index is -1.68. The van der Waals surface area contributed by atoms with E-state index < -0.39 is 12.3 Å². The van der Waals surface area contributed by atoms with E-state index in [1.165, 1.54) is 19.3 Å². The third-order valence-corrected chi connectivity index (χ3v) is 8.46. The second kappa shape index (κ2) is 15.4. The summed E-state index contributed by atoms with van der Waals surface area (Å²) >= 11 is 0. The summed E-state index contributed by atoms with van der Waals surface area (Å²) in [7, 11) is 0. The maximum Gasteiger partial charge on any atom is 0.161 e. The fourth-order valence-electron chi connectivity index (χ4n) is 5.92. The highest BCUT2D eigenvalue weighted by Gasteiger charge is 2.31. The van der Waals surface area contributed by atoms with Crippen LogP contribution in [-0.4, -0.2) is 25.1 Å². The van der Waals surface area contributed by atoms with Crippen LogP contribution in [0.4, 0.5) is 13.2 Å². The van der Waals surface area contributed by atoms with E-state index in [4.69, 9.17) is 4.74 Å². The summed E-state index contributed by atoms with van der Waals surface area (Å²) in [5.41, 5.74) is 3.74. The standard InChI is InChI=1S/C36H45F3O/c1-3-5-7-8-9-11-12-28-19-23-33(36(39)35(28)38)27-16-14-26(15-17-27)32-22-20-29(24-34(32)37)30-18-21-31(40-25-30)13-10-6-4-2/h4,6,14-17,19-20,22-24,30-31,35-36H,3,5,7-13,18,21,25H2,1-2H3/b6-4+. The average molecular weight is 551 g/mol. The van der Waals surface area contributed by atoms with Crippen molar-refractivity contribution in [3.05, 3.63) is 89.3 Å². The zero-order valence-electron chi connectivity index (χ0n) is 24.2. The molecule has 0 saturated carbocycles. The van der Waals surface area contributed by atoms with Crippen molar-refractivity contribution in [2.75, 3.05) is 6.61 Å². The quantitative estimate of drug-likeness (QED) is 0.178. The lowest BCUT2D eigenvalue weighted by molar-refractivity contribution is -0.000225. The van der Waals surface area contributed by atoms with Crippen molar-refractivity contribution in [3.63, 3.8) is 0 Å². The molecule has 2 aromatic carbocycles. The molecule has 0 spiro atoms. The van der Waals surface area contributed by atoms with E-state index >= 15 is 8.78 Å². The van der Waals surface area contributed by atoms with Crippen LogP contribution in [0.5, 0.6) is 0 Å². The number of alkyl halides is 2. The predicted octanol–water partition coefficient (Wildman–Crippen LogP) is 10.9. The molecular weight excluding hydrogens is 505 g/mol. The molecule has 1 aliphatic carbocycles. The first-order valence-electron chi connectivity index (χ1n) is 15.3. The normalized spacial score (nSPS) is 23.3. The van der Waals surface area contributed by atoms with E-state index in [1.807, 2.05) is 19.1 Å². The molecule has 1 fully saturated rings. The van der Waals surface area contributed by atoms with Crippen molar-refractivity contribution < 1.29 is 17.9 Å². The Kier molecular flexibility index (Phi) is 11.7. The second-order valence-electron chi connectivity index (χ2n) is 11.4. The minimum Gasteiger partial charge on any atom is -0.378 e. The van der Waals surface area contributed by atoms with Crippen LogP contribution in [0.15, 0.2) is 72.3 Å². The fourth-order valence-corrected chi connectivity index (χ4v) is 5.92. The van der Waals surface area contributed by atoms with Crippen LogP contribution in [0.2, 0.25) is 0 Å². The molecule has 1 nitrogen and oxygen atoms in total. The second-order valence-corrected chi connectivity index (χ2v) is 11.4. The van der Waals surface area contributed by atoms with E-state index in [0.29, 0.717) is 35.3 Å². The van der Waals surface area contributed by atoms with Crippen molar-refractivity contribution in [1.82, 2.24) is 0 Å². The molecule has 0 N–H and O–H groups in total. The zero-order valence-corrected chi connectivity index (χ0v) is 24.2. The molecule has 1 saturated heterocycles. The molecular formula is C36H45F3O. The van der Waals surface area contributed by atoms with Gasteiger partial charge in [0.25, 0.3) is 0 Å². The smallest absolute Gasteiger partial charge is 0.161 e. The summed E-state index contributed by atoms with van der Waals surface area (Å²) in [5.74, 6) is -0.0666. The summed E-state index contributed by atoms with van der Waals surface area (Å²) in [6.07, 6.45) is 16.1. The molecule has 4 atom stereocenters. The highest BCUT2D eigenvalue weighted by molar-refractivity contribution is 5.75. The van der Waals surface area contributed by atoms with E-state index in [1.54, 1.807) is 42.5 Å². The number of rotatable bonds is 13. The molecule has 4 heteroatoms. The maximum absolute atomic E-state index is 15.2. The van der Waals surface area contributed by atoms with Gasteiger partial charge in [0.15, 0.2) is 12.3 Å². The van der Waals surface area contributed by atoms with Gasteiger partial charge >= 0.3 is 0 Å². The van der Waals surface area contributed by atoms with Gasteiger partial charge in [-0.05, 0) is 79.4 Å². The van der Waals surface area contributed by atoms with Gasteiger partial charge in [-0.3, -0.25) is 0 Å². The van der Waals surface area contributed by atoms with Gasteiger partial charge in [-0.1, -0.05) is 99.7 Å². The zero-order chi connectivity index (χ0) is 28.3. The van der Waals surface area contributed by atoms with Crippen molar-refractivity contribution in [2.24, 2.45) is 0 Å². The molecule has 4 unspecified atom stereocenters.